The Morgan fingerprint density at radius 1 is 0.935 bits per heavy atom. The van der Waals surface area contributed by atoms with Gasteiger partial charge >= 0.3 is 0 Å². The molecule has 2 heterocycles. The average Bonchev–Trinajstić information content (AvgIpc) is 2.79. The van der Waals surface area contributed by atoms with Gasteiger partial charge in [-0.25, -0.2) is 0 Å². The molecular formula is C24H28ClNO5. The van der Waals surface area contributed by atoms with E-state index in [2.05, 4.69) is 4.90 Å². The molecule has 0 spiro atoms. The van der Waals surface area contributed by atoms with Crippen molar-refractivity contribution in [3.05, 3.63) is 52.7 Å². The quantitative estimate of drug-likeness (QED) is 0.522. The van der Waals surface area contributed by atoms with Crippen LogP contribution in [0.2, 0.25) is 0 Å². The zero-order chi connectivity index (χ0) is 20.9. The number of halogens is 1. The number of methoxy groups -OCH3 is 2. The van der Waals surface area contributed by atoms with Gasteiger partial charge in [0.1, 0.15) is 40.6 Å². The summed E-state index contributed by atoms with van der Waals surface area (Å²) in [4.78, 5) is 15.1. The smallest absolute Gasteiger partial charge is 0.197 e. The van der Waals surface area contributed by atoms with Gasteiger partial charge in [0.05, 0.1) is 14.2 Å². The van der Waals surface area contributed by atoms with E-state index in [0.717, 1.165) is 17.9 Å². The Morgan fingerprint density at radius 3 is 2.35 bits per heavy atom. The zero-order valence-corrected chi connectivity index (χ0v) is 18.7. The maximum absolute atomic E-state index is 12.7. The second-order valence-electron chi connectivity index (χ2n) is 7.45. The largest absolute Gasteiger partial charge is 0.496 e. The first-order chi connectivity index (χ1) is 14.7. The molecule has 0 atom stereocenters. The fourth-order valence-electron chi connectivity index (χ4n) is 3.84. The van der Waals surface area contributed by atoms with Crippen LogP contribution in [-0.4, -0.2) is 45.4 Å². The van der Waals surface area contributed by atoms with Crippen LogP contribution in [0.1, 0.15) is 19.3 Å². The highest BCUT2D eigenvalue weighted by Crippen LogP contribution is 2.32. The van der Waals surface area contributed by atoms with E-state index >= 15 is 0 Å². The van der Waals surface area contributed by atoms with Crippen molar-refractivity contribution in [2.45, 2.75) is 19.3 Å². The zero-order valence-electron chi connectivity index (χ0n) is 17.9. The third-order valence-electron chi connectivity index (χ3n) is 5.49. The number of benzene rings is 2. The van der Waals surface area contributed by atoms with E-state index in [1.54, 1.807) is 19.2 Å². The predicted octanol–water partition coefficient (Wildman–Crippen LogP) is 4.76. The molecule has 166 valence electrons. The molecule has 1 fully saturated rings. The summed E-state index contributed by atoms with van der Waals surface area (Å²) in [6, 6.07) is 12.5. The highest BCUT2D eigenvalue weighted by molar-refractivity contribution is 5.86. The monoisotopic (exact) mass is 445 g/mol. The topological polar surface area (TPSA) is 61.1 Å². The lowest BCUT2D eigenvalue weighted by Gasteiger charge is -2.26. The van der Waals surface area contributed by atoms with Gasteiger partial charge in [-0.2, -0.15) is 0 Å². The minimum atomic E-state index is -0.160. The first kappa shape index (κ1) is 23.0. The minimum Gasteiger partial charge on any atom is -0.496 e. The molecule has 0 saturated carbocycles. The number of fused-ring (bicyclic) bond motifs is 1. The lowest BCUT2D eigenvalue weighted by atomic mass is 10.1. The standard InChI is InChI=1S/C24H27NO5.ClH/c1-27-19-14-22(28-2)24-20(26)16-21(30-23(24)15-19)17-6-8-18(9-7-17)29-13-12-25-10-4-3-5-11-25;/h6-9,14-16H,3-5,10-13H2,1-2H3;1H. The summed E-state index contributed by atoms with van der Waals surface area (Å²) in [6.45, 7) is 3.95. The molecular weight excluding hydrogens is 418 g/mol. The summed E-state index contributed by atoms with van der Waals surface area (Å²) in [5.74, 6) is 2.30. The highest BCUT2D eigenvalue weighted by atomic mass is 35.5. The fourth-order valence-corrected chi connectivity index (χ4v) is 3.84. The van der Waals surface area contributed by atoms with E-state index in [-0.39, 0.29) is 17.8 Å². The van der Waals surface area contributed by atoms with Crippen LogP contribution in [-0.2, 0) is 0 Å². The van der Waals surface area contributed by atoms with Gasteiger partial charge in [-0.3, -0.25) is 9.69 Å². The van der Waals surface area contributed by atoms with E-state index in [1.807, 2.05) is 24.3 Å². The van der Waals surface area contributed by atoms with Crippen LogP contribution in [0.3, 0.4) is 0 Å². The van der Waals surface area contributed by atoms with Crippen LogP contribution in [0.25, 0.3) is 22.3 Å². The van der Waals surface area contributed by atoms with Gasteiger partial charge in [-0.15, -0.1) is 12.4 Å². The molecule has 1 aliphatic heterocycles. The molecule has 1 saturated heterocycles. The molecule has 0 bridgehead atoms. The molecule has 7 heteroatoms. The highest BCUT2D eigenvalue weighted by Gasteiger charge is 2.14. The number of hydrogen-bond donors (Lipinski definition) is 0. The van der Waals surface area contributed by atoms with Crippen molar-refractivity contribution in [1.29, 1.82) is 0 Å². The molecule has 1 aliphatic rings. The summed E-state index contributed by atoms with van der Waals surface area (Å²) < 4.78 is 22.5. The third-order valence-corrected chi connectivity index (χ3v) is 5.49. The molecule has 31 heavy (non-hydrogen) atoms. The van der Waals surface area contributed by atoms with Crippen molar-refractivity contribution in [3.63, 3.8) is 0 Å². The molecule has 4 rings (SSSR count). The summed E-state index contributed by atoms with van der Waals surface area (Å²) in [6.07, 6.45) is 3.90. The summed E-state index contributed by atoms with van der Waals surface area (Å²) in [5.41, 5.74) is 1.07. The van der Waals surface area contributed by atoms with Gasteiger partial charge in [0.25, 0.3) is 0 Å². The summed E-state index contributed by atoms with van der Waals surface area (Å²) in [7, 11) is 3.08. The second-order valence-corrected chi connectivity index (χ2v) is 7.45. The van der Waals surface area contributed by atoms with Gasteiger partial charge in [0, 0.05) is 30.3 Å². The molecule has 6 nitrogen and oxygen atoms in total. The van der Waals surface area contributed by atoms with Crippen molar-refractivity contribution in [3.8, 4) is 28.6 Å². The maximum Gasteiger partial charge on any atom is 0.197 e. The van der Waals surface area contributed by atoms with Gasteiger partial charge in [0.2, 0.25) is 0 Å². The van der Waals surface area contributed by atoms with Crippen LogP contribution in [0.15, 0.2) is 51.7 Å². The molecule has 0 radical (unpaired) electrons. The molecule has 0 N–H and O–H groups in total. The Bertz CT molecular complexity index is 1060. The Morgan fingerprint density at radius 2 is 1.68 bits per heavy atom. The number of nitrogens with zero attached hydrogens (tertiary/aromatic N) is 1. The molecule has 0 aliphatic carbocycles. The van der Waals surface area contributed by atoms with Gasteiger partial charge in [0.15, 0.2) is 5.43 Å². The van der Waals surface area contributed by atoms with E-state index in [1.165, 1.54) is 45.5 Å². The number of rotatable bonds is 7. The number of hydrogen-bond acceptors (Lipinski definition) is 6. The van der Waals surface area contributed by atoms with Gasteiger partial charge in [-0.1, -0.05) is 6.42 Å². The molecule has 1 aromatic heterocycles. The Hall–Kier alpha value is -2.70. The normalized spacial score (nSPS) is 14.1. The number of ether oxygens (including phenoxy) is 3. The molecule has 3 aromatic rings. The van der Waals surface area contributed by atoms with Crippen LogP contribution in [0.4, 0.5) is 0 Å². The van der Waals surface area contributed by atoms with E-state index in [9.17, 15) is 4.79 Å². The second kappa shape index (κ2) is 10.6. The molecule has 0 unspecified atom stereocenters. The van der Waals surface area contributed by atoms with Crippen LogP contribution >= 0.6 is 12.4 Å². The SMILES string of the molecule is COc1cc(OC)c2c(=O)cc(-c3ccc(OCCN4CCCCC4)cc3)oc2c1.Cl. The van der Waals surface area contributed by atoms with Gasteiger partial charge < -0.3 is 18.6 Å². The maximum atomic E-state index is 12.7. The van der Waals surface area contributed by atoms with Crippen LogP contribution in [0, 0.1) is 0 Å². The molecule has 0 amide bonds. The Kier molecular flexibility index (Phi) is 7.82. The van der Waals surface area contributed by atoms with Crippen molar-refractivity contribution in [2.24, 2.45) is 0 Å². The van der Waals surface area contributed by atoms with Crippen LogP contribution < -0.4 is 19.6 Å². The average molecular weight is 446 g/mol. The van der Waals surface area contributed by atoms with Crippen molar-refractivity contribution >= 4 is 23.4 Å². The predicted molar refractivity (Wildman–Crippen MR) is 124 cm³/mol. The fraction of sp³-hybridized carbons (Fsp3) is 0.375. The molecule has 2 aromatic carbocycles. The van der Waals surface area contributed by atoms with Crippen LogP contribution in [0.5, 0.6) is 17.2 Å². The first-order valence-corrected chi connectivity index (χ1v) is 10.3. The number of piperidine rings is 1. The summed E-state index contributed by atoms with van der Waals surface area (Å²) in [5, 5.41) is 0.403. The van der Waals surface area contributed by atoms with E-state index < -0.39 is 0 Å². The third kappa shape index (κ3) is 5.32. The van der Waals surface area contributed by atoms with Crippen molar-refractivity contribution in [2.75, 3.05) is 40.5 Å². The Labute approximate surface area is 188 Å². The minimum absolute atomic E-state index is 0. The van der Waals surface area contributed by atoms with Crippen molar-refractivity contribution in [1.82, 2.24) is 4.90 Å². The van der Waals surface area contributed by atoms with E-state index in [4.69, 9.17) is 18.6 Å². The Balaban J connectivity index is 0.00000272. The lowest BCUT2D eigenvalue weighted by molar-refractivity contribution is 0.183. The number of likely N-dealkylation sites (tertiary alicyclic amines) is 1. The van der Waals surface area contributed by atoms with Gasteiger partial charge in [-0.05, 0) is 50.2 Å². The van der Waals surface area contributed by atoms with Crippen molar-refractivity contribution < 1.29 is 18.6 Å². The first-order valence-electron chi connectivity index (χ1n) is 10.3. The summed E-state index contributed by atoms with van der Waals surface area (Å²) >= 11 is 0. The lowest BCUT2D eigenvalue weighted by Crippen LogP contribution is -2.33. The van der Waals surface area contributed by atoms with E-state index in [0.29, 0.717) is 34.8 Å².